The number of methoxy groups -OCH3 is 3. The predicted molar refractivity (Wildman–Crippen MR) is 107 cm³/mol. The second-order valence-electron chi connectivity index (χ2n) is 6.07. The van der Waals surface area contributed by atoms with Gasteiger partial charge in [0.2, 0.25) is 0 Å². The number of pyridine rings is 1. The first kappa shape index (κ1) is 20.8. The van der Waals surface area contributed by atoms with Crippen molar-refractivity contribution in [2.24, 2.45) is 0 Å². The summed E-state index contributed by atoms with van der Waals surface area (Å²) in [6.45, 7) is -0.384. The number of benzene rings is 2. The molecule has 0 unspecified atom stereocenters. The molecule has 0 saturated heterocycles. The van der Waals surface area contributed by atoms with Gasteiger partial charge in [0.1, 0.15) is 11.6 Å². The van der Waals surface area contributed by atoms with Crippen LogP contribution < -0.4 is 19.5 Å². The number of ether oxygens (including phenoxy) is 4. The molecule has 1 N–H and O–H groups in total. The van der Waals surface area contributed by atoms with E-state index in [1.807, 2.05) is 0 Å². The third-order valence-electron chi connectivity index (χ3n) is 4.14. The Morgan fingerprint density at radius 3 is 2.40 bits per heavy atom. The highest BCUT2D eigenvalue weighted by Gasteiger charge is 2.17. The lowest BCUT2D eigenvalue weighted by molar-refractivity contribution is -0.118. The minimum absolute atomic E-state index is 0.00208. The predicted octanol–water partition coefficient (Wildman–Crippen LogP) is 3.20. The summed E-state index contributed by atoms with van der Waals surface area (Å²) in [5, 5.41) is 3.03. The van der Waals surface area contributed by atoms with Crippen LogP contribution in [0.25, 0.3) is 10.9 Å². The minimum Gasteiger partial charge on any atom is -0.493 e. The monoisotopic (exact) mass is 414 g/mol. The van der Waals surface area contributed by atoms with Crippen LogP contribution in [-0.2, 0) is 9.53 Å². The number of rotatable bonds is 7. The van der Waals surface area contributed by atoms with Gasteiger partial charge in [-0.15, -0.1) is 0 Å². The van der Waals surface area contributed by atoms with Crippen LogP contribution in [0.3, 0.4) is 0 Å². The van der Waals surface area contributed by atoms with E-state index in [1.54, 1.807) is 18.2 Å². The van der Waals surface area contributed by atoms with E-state index >= 15 is 0 Å². The number of nitrogens with zero attached hydrogens (tertiary/aromatic N) is 1. The summed E-state index contributed by atoms with van der Waals surface area (Å²) in [6.07, 6.45) is 0. The number of carbonyl (C=O) groups excluding carboxylic acids is 2. The van der Waals surface area contributed by atoms with Crippen molar-refractivity contribution < 1.29 is 32.9 Å². The fraction of sp³-hybridized carbons (Fsp3) is 0.190. The van der Waals surface area contributed by atoms with Crippen LogP contribution in [0.5, 0.6) is 17.2 Å². The van der Waals surface area contributed by atoms with Crippen LogP contribution >= 0.6 is 0 Å². The first-order valence-electron chi connectivity index (χ1n) is 8.78. The molecule has 0 radical (unpaired) electrons. The van der Waals surface area contributed by atoms with Gasteiger partial charge in [-0.2, -0.15) is 0 Å². The lowest BCUT2D eigenvalue weighted by Gasteiger charge is -2.14. The number of nitrogens with one attached hydrogen (secondary N) is 1. The van der Waals surface area contributed by atoms with Gasteiger partial charge in [-0.3, -0.25) is 4.79 Å². The van der Waals surface area contributed by atoms with Crippen LogP contribution in [0.1, 0.15) is 10.5 Å². The molecule has 3 aromatic rings. The van der Waals surface area contributed by atoms with Crippen molar-refractivity contribution in [1.29, 1.82) is 0 Å². The van der Waals surface area contributed by atoms with Crippen molar-refractivity contribution in [3.05, 3.63) is 54.0 Å². The fourth-order valence-corrected chi connectivity index (χ4v) is 2.76. The second-order valence-corrected chi connectivity index (χ2v) is 6.07. The Bertz CT molecular complexity index is 1100. The van der Waals surface area contributed by atoms with Crippen molar-refractivity contribution in [1.82, 2.24) is 4.98 Å². The van der Waals surface area contributed by atoms with Gasteiger partial charge >= 0.3 is 5.97 Å². The van der Waals surface area contributed by atoms with Crippen LogP contribution in [0.15, 0.2) is 42.5 Å². The van der Waals surface area contributed by atoms with Crippen molar-refractivity contribution in [3.8, 4) is 17.2 Å². The molecule has 0 fully saturated rings. The summed E-state index contributed by atoms with van der Waals surface area (Å²) in [4.78, 5) is 28.5. The molecule has 0 saturated carbocycles. The molecule has 30 heavy (non-hydrogen) atoms. The third-order valence-corrected chi connectivity index (χ3v) is 4.14. The summed E-state index contributed by atoms with van der Waals surface area (Å²) >= 11 is 0. The first-order valence-corrected chi connectivity index (χ1v) is 8.78. The van der Waals surface area contributed by atoms with Gasteiger partial charge in [-0.25, -0.2) is 14.2 Å². The molecule has 9 heteroatoms. The molecule has 2 aromatic carbocycles. The van der Waals surface area contributed by atoms with E-state index in [0.717, 1.165) is 0 Å². The summed E-state index contributed by atoms with van der Waals surface area (Å²) in [7, 11) is 4.19. The lowest BCUT2D eigenvalue weighted by Crippen LogP contribution is -2.20. The van der Waals surface area contributed by atoms with Gasteiger partial charge in [-0.05, 0) is 24.3 Å². The SMILES string of the molecule is COC(=O)c1cc(OCC(=O)Nc2cccc(F)c2)c2cc(OC)c(OC)cc2n1. The molecule has 0 aliphatic heterocycles. The van der Waals surface area contributed by atoms with Gasteiger partial charge in [0.15, 0.2) is 23.8 Å². The van der Waals surface area contributed by atoms with E-state index in [9.17, 15) is 14.0 Å². The highest BCUT2D eigenvalue weighted by molar-refractivity contribution is 5.96. The Morgan fingerprint density at radius 2 is 1.73 bits per heavy atom. The number of halogens is 1. The van der Waals surface area contributed by atoms with Crippen molar-refractivity contribution in [3.63, 3.8) is 0 Å². The number of hydrogen-bond acceptors (Lipinski definition) is 7. The number of fused-ring (bicyclic) bond motifs is 1. The summed E-state index contributed by atoms with van der Waals surface area (Å²) in [6, 6.07) is 10.1. The van der Waals surface area contributed by atoms with E-state index in [4.69, 9.17) is 18.9 Å². The summed E-state index contributed by atoms with van der Waals surface area (Å²) in [5.74, 6) is -0.597. The Labute approximate surface area is 171 Å². The quantitative estimate of drug-likeness (QED) is 0.593. The van der Waals surface area contributed by atoms with Crippen LogP contribution in [-0.4, -0.2) is 44.8 Å². The molecule has 8 nitrogen and oxygen atoms in total. The molecule has 0 bridgehead atoms. The Hall–Kier alpha value is -3.88. The first-order chi connectivity index (χ1) is 14.4. The molecule has 0 aliphatic rings. The molecule has 0 spiro atoms. The van der Waals surface area contributed by atoms with E-state index in [1.165, 1.54) is 45.6 Å². The van der Waals surface area contributed by atoms with Gasteiger partial charge in [0.25, 0.3) is 5.91 Å². The molecular weight excluding hydrogens is 395 g/mol. The maximum Gasteiger partial charge on any atom is 0.356 e. The largest absolute Gasteiger partial charge is 0.493 e. The maximum atomic E-state index is 13.3. The number of hydrogen-bond donors (Lipinski definition) is 1. The molecule has 0 atom stereocenters. The van der Waals surface area contributed by atoms with Crippen molar-refractivity contribution in [2.75, 3.05) is 33.3 Å². The molecule has 156 valence electrons. The average Bonchev–Trinajstić information content (AvgIpc) is 2.75. The second kappa shape index (κ2) is 9.08. The Balaban J connectivity index is 1.92. The zero-order valence-corrected chi connectivity index (χ0v) is 16.5. The van der Waals surface area contributed by atoms with Gasteiger partial charge in [0.05, 0.1) is 26.8 Å². The summed E-state index contributed by atoms with van der Waals surface area (Å²) < 4.78 is 34.2. The molecule has 1 aromatic heterocycles. The highest BCUT2D eigenvalue weighted by Crippen LogP contribution is 2.36. The van der Waals surface area contributed by atoms with Crippen molar-refractivity contribution in [2.45, 2.75) is 0 Å². The van der Waals surface area contributed by atoms with E-state index in [2.05, 4.69) is 10.3 Å². The zero-order chi connectivity index (χ0) is 21.7. The lowest BCUT2D eigenvalue weighted by atomic mass is 10.1. The van der Waals surface area contributed by atoms with Crippen LogP contribution in [0.4, 0.5) is 10.1 Å². The standard InChI is InChI=1S/C21H19FN2O6/c1-27-18-8-14-15(9-19(18)28-2)24-16(21(26)29-3)10-17(14)30-11-20(25)23-13-6-4-5-12(22)7-13/h4-10H,11H2,1-3H3,(H,23,25). The number of anilines is 1. The maximum absolute atomic E-state index is 13.3. The van der Waals surface area contributed by atoms with Gasteiger partial charge in [-0.1, -0.05) is 6.07 Å². The molecular formula is C21H19FN2O6. The molecule has 0 aliphatic carbocycles. The minimum atomic E-state index is -0.666. The van der Waals surface area contributed by atoms with E-state index in [-0.39, 0.29) is 18.1 Å². The summed E-state index contributed by atoms with van der Waals surface area (Å²) in [5.41, 5.74) is 0.679. The Morgan fingerprint density at radius 1 is 1.00 bits per heavy atom. The van der Waals surface area contributed by atoms with E-state index in [0.29, 0.717) is 28.1 Å². The Kier molecular flexibility index (Phi) is 6.31. The normalized spacial score (nSPS) is 10.4. The molecule has 3 rings (SSSR count). The van der Waals surface area contributed by atoms with Crippen LogP contribution in [0, 0.1) is 5.82 Å². The number of esters is 1. The van der Waals surface area contributed by atoms with Crippen LogP contribution in [0.2, 0.25) is 0 Å². The number of aromatic nitrogens is 1. The van der Waals surface area contributed by atoms with Crippen molar-refractivity contribution >= 4 is 28.5 Å². The number of carbonyl (C=O) groups is 2. The highest BCUT2D eigenvalue weighted by atomic mass is 19.1. The smallest absolute Gasteiger partial charge is 0.356 e. The number of amides is 1. The molecule has 1 heterocycles. The van der Waals surface area contributed by atoms with Gasteiger partial charge < -0.3 is 24.3 Å². The fourth-order valence-electron chi connectivity index (χ4n) is 2.76. The average molecular weight is 414 g/mol. The third kappa shape index (κ3) is 4.57. The van der Waals surface area contributed by atoms with Gasteiger partial charge in [0, 0.05) is 23.2 Å². The topological polar surface area (TPSA) is 96.0 Å². The zero-order valence-electron chi connectivity index (χ0n) is 16.5. The van der Waals surface area contributed by atoms with E-state index < -0.39 is 17.7 Å². The molecule has 1 amide bonds.